The van der Waals surface area contributed by atoms with Crippen LogP contribution < -0.4 is 5.32 Å². The van der Waals surface area contributed by atoms with Gasteiger partial charge in [-0.1, -0.05) is 0 Å². The van der Waals surface area contributed by atoms with E-state index >= 15 is 0 Å². The van der Waals surface area contributed by atoms with E-state index in [0.29, 0.717) is 18.0 Å². The summed E-state index contributed by atoms with van der Waals surface area (Å²) in [7, 11) is 0. The van der Waals surface area contributed by atoms with Gasteiger partial charge in [-0.3, -0.25) is 9.78 Å². The Kier molecular flexibility index (Phi) is 3.59. The SMILES string of the molecule is O=C(NCC1CC1)c1ccc(-c2nnc(C(F)F)o2)cn1. The van der Waals surface area contributed by atoms with Gasteiger partial charge in [0.2, 0.25) is 5.89 Å². The molecule has 0 spiro atoms. The minimum absolute atomic E-state index is 0.0530. The van der Waals surface area contributed by atoms with Gasteiger partial charge in [0.1, 0.15) is 5.69 Å². The van der Waals surface area contributed by atoms with Crippen molar-refractivity contribution in [2.45, 2.75) is 19.3 Å². The number of amides is 1. The van der Waals surface area contributed by atoms with Crippen molar-refractivity contribution >= 4 is 5.91 Å². The molecule has 0 bridgehead atoms. The molecule has 0 radical (unpaired) electrons. The number of hydrogen-bond donors (Lipinski definition) is 1. The van der Waals surface area contributed by atoms with E-state index in [-0.39, 0.29) is 17.5 Å². The van der Waals surface area contributed by atoms with E-state index in [1.54, 1.807) is 0 Å². The topological polar surface area (TPSA) is 80.9 Å². The summed E-state index contributed by atoms with van der Waals surface area (Å²) in [6, 6.07) is 3.02. The van der Waals surface area contributed by atoms with Crippen molar-refractivity contribution in [1.82, 2.24) is 20.5 Å². The third-order valence-corrected chi connectivity index (χ3v) is 3.12. The van der Waals surface area contributed by atoms with Gasteiger partial charge in [-0.2, -0.15) is 8.78 Å². The lowest BCUT2D eigenvalue weighted by atomic mass is 10.2. The molecule has 2 aromatic rings. The molecule has 1 aliphatic carbocycles. The van der Waals surface area contributed by atoms with Crippen LogP contribution in [0.3, 0.4) is 0 Å². The Morgan fingerprint density at radius 1 is 1.38 bits per heavy atom. The number of pyridine rings is 1. The summed E-state index contributed by atoms with van der Waals surface area (Å²) in [5.74, 6) is -0.467. The number of hydrogen-bond acceptors (Lipinski definition) is 5. The summed E-state index contributed by atoms with van der Waals surface area (Å²) in [6.45, 7) is 0.656. The first-order valence-electron chi connectivity index (χ1n) is 6.49. The second-order valence-corrected chi connectivity index (χ2v) is 4.83. The van der Waals surface area contributed by atoms with Crippen molar-refractivity contribution in [3.63, 3.8) is 0 Å². The number of nitrogens with zero attached hydrogens (tertiary/aromatic N) is 3. The summed E-state index contributed by atoms with van der Waals surface area (Å²) in [6.07, 6.45) is 0.827. The first-order chi connectivity index (χ1) is 10.1. The van der Waals surface area contributed by atoms with E-state index < -0.39 is 12.3 Å². The van der Waals surface area contributed by atoms with Crippen molar-refractivity contribution in [1.29, 1.82) is 0 Å². The van der Waals surface area contributed by atoms with Gasteiger partial charge < -0.3 is 9.73 Å². The van der Waals surface area contributed by atoms with Crippen molar-refractivity contribution in [3.05, 3.63) is 29.9 Å². The number of carbonyl (C=O) groups excluding carboxylic acids is 1. The summed E-state index contributed by atoms with van der Waals surface area (Å²) in [5, 5.41) is 9.53. The van der Waals surface area contributed by atoms with E-state index in [0.717, 1.165) is 12.8 Å². The Morgan fingerprint density at radius 3 is 2.76 bits per heavy atom. The number of halogens is 2. The molecule has 110 valence electrons. The van der Waals surface area contributed by atoms with Gasteiger partial charge in [-0.15, -0.1) is 10.2 Å². The van der Waals surface area contributed by atoms with Crippen LogP contribution in [0.4, 0.5) is 8.78 Å². The van der Waals surface area contributed by atoms with Gasteiger partial charge in [0.15, 0.2) is 0 Å². The zero-order valence-electron chi connectivity index (χ0n) is 10.9. The molecule has 1 N–H and O–H groups in total. The molecular formula is C13H12F2N4O2. The molecule has 0 saturated heterocycles. The first-order valence-corrected chi connectivity index (χ1v) is 6.49. The first kappa shape index (κ1) is 13.6. The molecule has 1 fully saturated rings. The highest BCUT2D eigenvalue weighted by Gasteiger charge is 2.22. The van der Waals surface area contributed by atoms with Crippen LogP contribution in [0.2, 0.25) is 0 Å². The molecule has 1 aliphatic rings. The van der Waals surface area contributed by atoms with Crippen LogP contribution in [-0.4, -0.2) is 27.6 Å². The summed E-state index contributed by atoms with van der Waals surface area (Å²) >= 11 is 0. The van der Waals surface area contributed by atoms with Gasteiger partial charge in [-0.25, -0.2) is 0 Å². The van der Waals surface area contributed by atoms with Crippen molar-refractivity contribution in [2.24, 2.45) is 5.92 Å². The molecule has 0 aromatic carbocycles. The number of rotatable bonds is 5. The standard InChI is InChI=1S/C13H12F2N4O2/c14-10(15)13-19-18-12(21-13)8-3-4-9(16-6-8)11(20)17-5-7-1-2-7/h3-4,6-7,10H,1-2,5H2,(H,17,20). The molecular weight excluding hydrogens is 282 g/mol. The summed E-state index contributed by atoms with van der Waals surface area (Å²) < 4.78 is 29.5. The van der Waals surface area contributed by atoms with Crippen molar-refractivity contribution < 1.29 is 18.0 Å². The van der Waals surface area contributed by atoms with Crippen molar-refractivity contribution in [3.8, 4) is 11.5 Å². The number of nitrogens with one attached hydrogen (secondary N) is 1. The zero-order valence-corrected chi connectivity index (χ0v) is 10.9. The molecule has 2 heterocycles. The second kappa shape index (κ2) is 5.55. The summed E-state index contributed by atoms with van der Waals surface area (Å²) in [5.41, 5.74) is 0.640. The molecule has 1 amide bonds. The van der Waals surface area contributed by atoms with Gasteiger partial charge in [0, 0.05) is 12.7 Å². The lowest BCUT2D eigenvalue weighted by Gasteiger charge is -2.03. The third kappa shape index (κ3) is 3.21. The van der Waals surface area contributed by atoms with Crippen LogP contribution in [0.25, 0.3) is 11.5 Å². The monoisotopic (exact) mass is 294 g/mol. The van der Waals surface area contributed by atoms with Crippen LogP contribution in [0.5, 0.6) is 0 Å². The quantitative estimate of drug-likeness (QED) is 0.914. The zero-order chi connectivity index (χ0) is 14.8. The Bertz CT molecular complexity index is 638. The average Bonchev–Trinajstić information content (AvgIpc) is 3.18. The third-order valence-electron chi connectivity index (χ3n) is 3.12. The van der Waals surface area contributed by atoms with E-state index in [1.165, 1.54) is 18.3 Å². The minimum Gasteiger partial charge on any atom is -0.415 e. The van der Waals surface area contributed by atoms with Crippen LogP contribution in [0.1, 0.15) is 35.6 Å². The maximum atomic E-state index is 12.4. The molecule has 8 heteroatoms. The van der Waals surface area contributed by atoms with Crippen LogP contribution >= 0.6 is 0 Å². The predicted molar refractivity (Wildman–Crippen MR) is 67.5 cm³/mol. The Morgan fingerprint density at radius 2 is 2.19 bits per heavy atom. The van der Waals surface area contributed by atoms with E-state index in [1.807, 2.05) is 0 Å². The van der Waals surface area contributed by atoms with Crippen LogP contribution in [0, 0.1) is 5.92 Å². The minimum atomic E-state index is -2.81. The van der Waals surface area contributed by atoms with Crippen molar-refractivity contribution in [2.75, 3.05) is 6.54 Å². The number of aromatic nitrogens is 3. The van der Waals surface area contributed by atoms with Gasteiger partial charge >= 0.3 is 6.43 Å². The molecule has 0 unspecified atom stereocenters. The molecule has 0 aliphatic heterocycles. The fourth-order valence-electron chi connectivity index (χ4n) is 1.74. The highest BCUT2D eigenvalue weighted by molar-refractivity contribution is 5.92. The number of carbonyl (C=O) groups is 1. The van der Waals surface area contributed by atoms with Crippen LogP contribution in [0.15, 0.2) is 22.7 Å². The highest BCUT2D eigenvalue weighted by atomic mass is 19.3. The molecule has 3 rings (SSSR count). The fraction of sp³-hybridized carbons (Fsp3) is 0.385. The largest absolute Gasteiger partial charge is 0.415 e. The van der Waals surface area contributed by atoms with Crippen LogP contribution in [-0.2, 0) is 0 Å². The second-order valence-electron chi connectivity index (χ2n) is 4.83. The summed E-state index contributed by atoms with van der Waals surface area (Å²) in [4.78, 5) is 15.8. The predicted octanol–water partition coefficient (Wildman–Crippen LogP) is 2.21. The molecule has 0 atom stereocenters. The number of alkyl halides is 2. The average molecular weight is 294 g/mol. The lowest BCUT2D eigenvalue weighted by molar-refractivity contribution is 0.0947. The van der Waals surface area contributed by atoms with Gasteiger partial charge in [0.25, 0.3) is 11.8 Å². The highest BCUT2D eigenvalue weighted by Crippen LogP contribution is 2.27. The van der Waals surface area contributed by atoms with E-state index in [4.69, 9.17) is 4.42 Å². The Hall–Kier alpha value is -2.38. The smallest absolute Gasteiger partial charge is 0.314 e. The molecule has 21 heavy (non-hydrogen) atoms. The van der Waals surface area contributed by atoms with E-state index in [2.05, 4.69) is 20.5 Å². The lowest BCUT2D eigenvalue weighted by Crippen LogP contribution is -2.26. The Balaban J connectivity index is 1.68. The normalized spacial score (nSPS) is 14.4. The van der Waals surface area contributed by atoms with E-state index in [9.17, 15) is 13.6 Å². The molecule has 6 nitrogen and oxygen atoms in total. The maximum Gasteiger partial charge on any atom is 0.314 e. The van der Waals surface area contributed by atoms with Gasteiger partial charge in [0.05, 0.1) is 5.56 Å². The molecule has 1 saturated carbocycles. The Labute approximate surface area is 118 Å². The fourth-order valence-corrected chi connectivity index (χ4v) is 1.74. The maximum absolute atomic E-state index is 12.4. The molecule has 2 aromatic heterocycles. The van der Waals surface area contributed by atoms with Gasteiger partial charge in [-0.05, 0) is 30.9 Å².